The molecule has 2 aromatic carbocycles. The minimum absolute atomic E-state index is 0.234. The molecule has 0 radical (unpaired) electrons. The largest absolute Gasteiger partial charge is 0.342 e. The van der Waals surface area contributed by atoms with Gasteiger partial charge in [-0.3, -0.25) is 4.79 Å². The van der Waals surface area contributed by atoms with Crippen molar-refractivity contribution in [2.75, 3.05) is 0 Å². The first-order valence-corrected chi connectivity index (χ1v) is 9.13. The average molecular weight is 393 g/mol. The Bertz CT molecular complexity index is 953. The van der Waals surface area contributed by atoms with Gasteiger partial charge in [-0.2, -0.15) is 5.26 Å². The molecule has 4 heteroatoms. The summed E-state index contributed by atoms with van der Waals surface area (Å²) in [5.74, 6) is -0.267. The van der Waals surface area contributed by atoms with Crippen molar-refractivity contribution in [3.8, 4) is 6.07 Å². The van der Waals surface area contributed by atoms with Gasteiger partial charge in [-0.25, -0.2) is 0 Å². The van der Waals surface area contributed by atoms with Gasteiger partial charge in [-0.15, -0.1) is 0 Å². The molecule has 1 amide bonds. The van der Waals surface area contributed by atoms with Gasteiger partial charge in [0.1, 0.15) is 11.6 Å². The minimum atomic E-state index is -0.420. The van der Waals surface area contributed by atoms with Crippen molar-refractivity contribution in [1.82, 2.24) is 5.32 Å². The van der Waals surface area contributed by atoms with Crippen LogP contribution in [0.3, 0.4) is 0 Å². The number of benzene rings is 2. The number of carbonyl (C=O) groups excluding carboxylic acids is 1. The number of halogens is 1. The van der Waals surface area contributed by atoms with Crippen molar-refractivity contribution in [3.05, 3.63) is 74.8 Å². The lowest BCUT2D eigenvalue weighted by atomic mass is 9.78. The summed E-state index contributed by atoms with van der Waals surface area (Å²) in [6.45, 7) is 2.03. The molecule has 2 aliphatic rings. The highest BCUT2D eigenvalue weighted by molar-refractivity contribution is 9.10. The Morgan fingerprint density at radius 1 is 1.20 bits per heavy atom. The lowest BCUT2D eigenvalue weighted by Crippen LogP contribution is -2.48. The Morgan fingerprint density at radius 2 is 1.96 bits per heavy atom. The van der Waals surface area contributed by atoms with Gasteiger partial charge in [0.25, 0.3) is 5.91 Å². The van der Waals surface area contributed by atoms with Crippen molar-refractivity contribution in [3.63, 3.8) is 0 Å². The third-order valence-electron chi connectivity index (χ3n) is 5.28. The van der Waals surface area contributed by atoms with Crippen molar-refractivity contribution in [2.45, 2.75) is 31.7 Å². The highest BCUT2D eigenvalue weighted by Gasteiger charge is 2.45. The number of aryl methyl sites for hydroxylation is 2. The van der Waals surface area contributed by atoms with E-state index in [1.807, 2.05) is 37.3 Å². The second-order valence-electron chi connectivity index (χ2n) is 6.85. The molecular formula is C21H17BrN2O. The van der Waals surface area contributed by atoms with Crippen LogP contribution in [0.15, 0.2) is 52.5 Å². The van der Waals surface area contributed by atoms with Crippen LogP contribution in [0.1, 0.15) is 35.1 Å². The Kier molecular flexibility index (Phi) is 3.77. The lowest BCUT2D eigenvalue weighted by Gasteiger charge is -2.37. The van der Waals surface area contributed by atoms with E-state index in [0.29, 0.717) is 6.42 Å². The summed E-state index contributed by atoms with van der Waals surface area (Å²) in [5, 5.41) is 12.7. The quantitative estimate of drug-likeness (QED) is 0.781. The zero-order valence-corrected chi connectivity index (χ0v) is 15.5. The van der Waals surface area contributed by atoms with Crippen molar-refractivity contribution in [2.24, 2.45) is 0 Å². The number of nitrogens with one attached hydrogen (secondary N) is 1. The number of nitriles is 1. The van der Waals surface area contributed by atoms with Gasteiger partial charge in [-0.1, -0.05) is 51.8 Å². The average Bonchev–Trinajstić information content (AvgIpc) is 2.93. The van der Waals surface area contributed by atoms with E-state index in [0.717, 1.165) is 39.6 Å². The molecule has 1 heterocycles. The van der Waals surface area contributed by atoms with E-state index in [9.17, 15) is 10.1 Å². The molecule has 1 spiro atoms. The maximum absolute atomic E-state index is 12.7. The van der Waals surface area contributed by atoms with Crippen LogP contribution in [0.25, 0.3) is 5.57 Å². The highest BCUT2D eigenvalue weighted by Crippen LogP contribution is 2.47. The number of hydrogen-bond acceptors (Lipinski definition) is 2. The summed E-state index contributed by atoms with van der Waals surface area (Å²) in [4.78, 5) is 12.7. The zero-order valence-electron chi connectivity index (χ0n) is 13.9. The van der Waals surface area contributed by atoms with Crippen LogP contribution in [0.4, 0.5) is 0 Å². The van der Waals surface area contributed by atoms with E-state index in [2.05, 4.69) is 39.4 Å². The van der Waals surface area contributed by atoms with Crippen LogP contribution in [-0.2, 0) is 16.8 Å². The van der Waals surface area contributed by atoms with Gasteiger partial charge in [0, 0.05) is 10.9 Å². The van der Waals surface area contributed by atoms with Gasteiger partial charge in [0.2, 0.25) is 0 Å². The Morgan fingerprint density at radius 3 is 2.68 bits per heavy atom. The molecule has 0 fully saturated rings. The van der Waals surface area contributed by atoms with E-state index in [4.69, 9.17) is 0 Å². The zero-order chi connectivity index (χ0) is 17.6. The maximum atomic E-state index is 12.7. The van der Waals surface area contributed by atoms with E-state index < -0.39 is 5.54 Å². The van der Waals surface area contributed by atoms with Gasteiger partial charge >= 0.3 is 0 Å². The smallest absolute Gasteiger partial charge is 0.262 e. The monoisotopic (exact) mass is 392 g/mol. The summed E-state index contributed by atoms with van der Waals surface area (Å²) in [6.07, 6.45) is 2.44. The number of carbonyl (C=O) groups is 1. The minimum Gasteiger partial charge on any atom is -0.342 e. The lowest BCUT2D eigenvalue weighted by molar-refractivity contribution is -0.119. The fraction of sp³-hybridized carbons (Fsp3) is 0.238. The van der Waals surface area contributed by atoms with Crippen LogP contribution in [-0.4, -0.2) is 5.91 Å². The highest BCUT2D eigenvalue weighted by atomic mass is 79.9. The van der Waals surface area contributed by atoms with Crippen molar-refractivity contribution >= 4 is 27.4 Å². The topological polar surface area (TPSA) is 52.9 Å². The van der Waals surface area contributed by atoms with Gasteiger partial charge < -0.3 is 5.32 Å². The summed E-state index contributed by atoms with van der Waals surface area (Å²) >= 11 is 3.55. The summed E-state index contributed by atoms with van der Waals surface area (Å²) in [7, 11) is 0. The molecular weight excluding hydrogens is 376 g/mol. The molecule has 1 aliphatic carbocycles. The van der Waals surface area contributed by atoms with Crippen LogP contribution >= 0.6 is 15.9 Å². The standard InChI is InChI=1S/C21H17BrN2O/c1-13-2-4-14(5-3-13)17-11-21(24-20(25)18(17)12-23)9-8-15-6-7-16(22)10-19(15)21/h2-7,10H,8-9,11H2,1H3,(H,24,25). The van der Waals surface area contributed by atoms with E-state index >= 15 is 0 Å². The summed E-state index contributed by atoms with van der Waals surface area (Å²) in [5.41, 5.74) is 5.21. The van der Waals surface area contributed by atoms with E-state index in [-0.39, 0.29) is 11.5 Å². The predicted octanol–water partition coefficient (Wildman–Crippen LogP) is 4.40. The number of rotatable bonds is 1. The molecule has 4 rings (SSSR count). The van der Waals surface area contributed by atoms with Crippen LogP contribution < -0.4 is 5.32 Å². The first-order chi connectivity index (χ1) is 12.0. The first-order valence-electron chi connectivity index (χ1n) is 8.34. The third kappa shape index (κ3) is 2.60. The van der Waals surface area contributed by atoms with Crippen LogP contribution in [0.5, 0.6) is 0 Å². The second-order valence-corrected chi connectivity index (χ2v) is 7.76. The Balaban J connectivity index is 1.86. The normalized spacial score (nSPS) is 21.9. The third-order valence-corrected chi connectivity index (χ3v) is 5.77. The molecule has 1 atom stereocenters. The fourth-order valence-electron chi connectivity index (χ4n) is 3.98. The molecule has 25 heavy (non-hydrogen) atoms. The SMILES string of the molecule is Cc1ccc(C2=C(C#N)C(=O)NC3(CCc4ccc(Br)cc43)C2)cc1. The van der Waals surface area contributed by atoms with Crippen LogP contribution in [0.2, 0.25) is 0 Å². The Hall–Kier alpha value is -2.38. The molecule has 2 aromatic rings. The molecule has 124 valence electrons. The Labute approximate surface area is 155 Å². The van der Waals surface area contributed by atoms with Crippen molar-refractivity contribution in [1.29, 1.82) is 5.26 Å². The fourth-order valence-corrected chi connectivity index (χ4v) is 4.34. The predicted molar refractivity (Wildman–Crippen MR) is 101 cm³/mol. The molecule has 1 unspecified atom stereocenters. The van der Waals surface area contributed by atoms with Crippen molar-refractivity contribution < 1.29 is 4.79 Å². The molecule has 0 bridgehead atoms. The molecule has 0 saturated carbocycles. The summed E-state index contributed by atoms with van der Waals surface area (Å²) in [6, 6.07) is 16.4. The molecule has 1 aliphatic heterocycles. The van der Waals surface area contributed by atoms with Gasteiger partial charge in [0.15, 0.2) is 0 Å². The number of nitrogens with zero attached hydrogens (tertiary/aromatic N) is 1. The van der Waals surface area contributed by atoms with Gasteiger partial charge in [0.05, 0.1) is 5.54 Å². The number of hydrogen-bond donors (Lipinski definition) is 1. The van der Waals surface area contributed by atoms with E-state index in [1.54, 1.807) is 0 Å². The molecule has 0 saturated heterocycles. The maximum Gasteiger partial charge on any atom is 0.262 e. The summed E-state index contributed by atoms with van der Waals surface area (Å²) < 4.78 is 1.01. The first kappa shape index (κ1) is 16.1. The molecule has 0 aromatic heterocycles. The number of amides is 1. The van der Waals surface area contributed by atoms with Crippen LogP contribution in [0, 0.1) is 18.3 Å². The molecule has 3 nitrogen and oxygen atoms in total. The molecule has 1 N–H and O–H groups in total. The number of fused-ring (bicyclic) bond motifs is 2. The second kappa shape index (κ2) is 5.86. The van der Waals surface area contributed by atoms with Gasteiger partial charge in [-0.05, 0) is 54.2 Å². The van der Waals surface area contributed by atoms with E-state index in [1.165, 1.54) is 5.56 Å².